The van der Waals surface area contributed by atoms with E-state index in [4.69, 9.17) is 5.26 Å². The maximum absolute atomic E-state index is 11.7. The lowest BCUT2D eigenvalue weighted by atomic mass is 10.1. The van der Waals surface area contributed by atoms with Crippen molar-refractivity contribution in [3.05, 3.63) is 0 Å². The molecule has 2 saturated carbocycles. The number of nitriles is 1. The van der Waals surface area contributed by atoms with Crippen LogP contribution < -0.4 is 5.32 Å². The highest BCUT2D eigenvalue weighted by Crippen LogP contribution is 2.51. The number of amides is 1. The predicted octanol–water partition coefficient (Wildman–Crippen LogP) is 1.45. The van der Waals surface area contributed by atoms with Gasteiger partial charge in [-0.2, -0.15) is 5.26 Å². The van der Waals surface area contributed by atoms with Crippen molar-refractivity contribution in [2.75, 3.05) is 0 Å². The Morgan fingerprint density at radius 1 is 1.57 bits per heavy atom. The summed E-state index contributed by atoms with van der Waals surface area (Å²) in [6, 6.07) is 1.94. The molecule has 2 unspecified atom stereocenters. The van der Waals surface area contributed by atoms with Crippen LogP contribution in [-0.2, 0) is 4.79 Å². The average molecular weight is 192 g/mol. The fraction of sp³-hybridized carbons (Fsp3) is 0.818. The molecule has 0 aliphatic heterocycles. The van der Waals surface area contributed by atoms with Crippen molar-refractivity contribution in [3.63, 3.8) is 0 Å². The van der Waals surface area contributed by atoms with Crippen molar-refractivity contribution in [2.24, 2.45) is 17.3 Å². The maximum Gasteiger partial charge on any atom is 0.224 e. The van der Waals surface area contributed by atoms with Gasteiger partial charge in [0.15, 0.2) is 0 Å². The second kappa shape index (κ2) is 2.98. The summed E-state index contributed by atoms with van der Waals surface area (Å²) in [6.45, 7) is 4.19. The van der Waals surface area contributed by atoms with E-state index in [1.165, 1.54) is 0 Å². The Labute approximate surface area is 84.5 Å². The highest BCUT2D eigenvalue weighted by Gasteiger charge is 2.51. The summed E-state index contributed by atoms with van der Waals surface area (Å²) < 4.78 is 0. The van der Waals surface area contributed by atoms with E-state index in [1.807, 2.05) is 0 Å². The van der Waals surface area contributed by atoms with Crippen molar-refractivity contribution >= 4 is 5.91 Å². The molecule has 0 saturated heterocycles. The summed E-state index contributed by atoms with van der Waals surface area (Å²) in [4.78, 5) is 11.7. The molecule has 2 aliphatic rings. The summed E-state index contributed by atoms with van der Waals surface area (Å²) in [5.41, 5.74) is 0.160. The van der Waals surface area contributed by atoms with Gasteiger partial charge in [0.05, 0.1) is 6.07 Å². The SMILES string of the molecule is CC1(C)CC1C(=O)NC(C#N)C1CC1. The zero-order valence-corrected chi connectivity index (χ0v) is 8.71. The molecule has 0 bridgehead atoms. The van der Waals surface area contributed by atoms with Crippen LogP contribution in [0.5, 0.6) is 0 Å². The van der Waals surface area contributed by atoms with Gasteiger partial charge in [0.25, 0.3) is 0 Å². The van der Waals surface area contributed by atoms with Crippen LogP contribution in [0, 0.1) is 28.6 Å². The van der Waals surface area contributed by atoms with Crippen molar-refractivity contribution in [1.29, 1.82) is 5.26 Å². The lowest BCUT2D eigenvalue weighted by Crippen LogP contribution is -2.37. The van der Waals surface area contributed by atoms with Gasteiger partial charge in [0, 0.05) is 5.92 Å². The summed E-state index contributed by atoms with van der Waals surface area (Å²) in [5, 5.41) is 11.7. The number of carbonyl (C=O) groups is 1. The van der Waals surface area contributed by atoms with Gasteiger partial charge in [-0.05, 0) is 30.6 Å². The smallest absolute Gasteiger partial charge is 0.224 e. The first-order valence-corrected chi connectivity index (χ1v) is 5.24. The van der Waals surface area contributed by atoms with Crippen LogP contribution >= 0.6 is 0 Å². The highest BCUT2D eigenvalue weighted by molar-refractivity contribution is 5.82. The van der Waals surface area contributed by atoms with E-state index in [1.54, 1.807) is 0 Å². The summed E-state index contributed by atoms with van der Waals surface area (Å²) in [6.07, 6.45) is 3.14. The van der Waals surface area contributed by atoms with Crippen LogP contribution in [-0.4, -0.2) is 11.9 Å². The van der Waals surface area contributed by atoms with Crippen LogP contribution in [0.3, 0.4) is 0 Å². The zero-order valence-electron chi connectivity index (χ0n) is 8.71. The predicted molar refractivity (Wildman–Crippen MR) is 52.2 cm³/mol. The quantitative estimate of drug-likeness (QED) is 0.735. The minimum Gasteiger partial charge on any atom is -0.340 e. The van der Waals surface area contributed by atoms with Crippen LogP contribution in [0.15, 0.2) is 0 Å². The van der Waals surface area contributed by atoms with E-state index < -0.39 is 0 Å². The fourth-order valence-electron chi connectivity index (χ4n) is 1.85. The van der Waals surface area contributed by atoms with Crippen molar-refractivity contribution in [2.45, 2.75) is 39.2 Å². The molecule has 0 heterocycles. The third kappa shape index (κ3) is 1.75. The number of nitrogens with one attached hydrogen (secondary N) is 1. The van der Waals surface area contributed by atoms with Gasteiger partial charge in [-0.3, -0.25) is 4.79 Å². The first-order valence-electron chi connectivity index (χ1n) is 5.24. The number of hydrogen-bond acceptors (Lipinski definition) is 2. The molecule has 1 N–H and O–H groups in total. The Bertz CT molecular complexity index is 299. The van der Waals surface area contributed by atoms with Crippen molar-refractivity contribution in [3.8, 4) is 6.07 Å². The Morgan fingerprint density at radius 2 is 2.14 bits per heavy atom. The molecule has 2 atom stereocenters. The Balaban J connectivity index is 1.85. The molecule has 14 heavy (non-hydrogen) atoms. The van der Waals surface area contributed by atoms with E-state index in [-0.39, 0.29) is 23.3 Å². The van der Waals surface area contributed by atoms with Gasteiger partial charge >= 0.3 is 0 Å². The topological polar surface area (TPSA) is 52.9 Å². The minimum atomic E-state index is -0.237. The van der Waals surface area contributed by atoms with E-state index in [9.17, 15) is 4.79 Å². The molecular formula is C11H16N2O. The second-order valence-corrected chi connectivity index (χ2v) is 5.20. The number of rotatable bonds is 3. The standard InChI is InChI=1S/C11H16N2O/c1-11(2)5-8(11)10(14)13-9(6-12)7-3-4-7/h7-9H,3-5H2,1-2H3,(H,13,14). The molecular weight excluding hydrogens is 176 g/mol. The molecule has 0 radical (unpaired) electrons. The molecule has 2 rings (SSSR count). The van der Waals surface area contributed by atoms with Gasteiger partial charge < -0.3 is 5.32 Å². The lowest BCUT2D eigenvalue weighted by molar-refractivity contribution is -0.123. The van der Waals surface area contributed by atoms with Gasteiger partial charge in [0.1, 0.15) is 6.04 Å². The molecule has 2 fully saturated rings. The van der Waals surface area contributed by atoms with E-state index >= 15 is 0 Å². The Hall–Kier alpha value is -1.04. The van der Waals surface area contributed by atoms with Crippen molar-refractivity contribution in [1.82, 2.24) is 5.32 Å². The Morgan fingerprint density at radius 3 is 2.50 bits per heavy atom. The summed E-state index contributed by atoms with van der Waals surface area (Å²) in [7, 11) is 0. The van der Waals surface area contributed by atoms with E-state index in [0.717, 1.165) is 19.3 Å². The molecule has 0 spiro atoms. The van der Waals surface area contributed by atoms with E-state index in [0.29, 0.717) is 5.92 Å². The second-order valence-electron chi connectivity index (χ2n) is 5.20. The normalized spacial score (nSPS) is 30.2. The first-order chi connectivity index (χ1) is 6.54. The third-order valence-corrected chi connectivity index (χ3v) is 3.36. The number of carbonyl (C=O) groups excluding carboxylic acids is 1. The molecule has 3 heteroatoms. The van der Waals surface area contributed by atoms with Crippen LogP contribution in [0.4, 0.5) is 0 Å². The number of hydrogen-bond donors (Lipinski definition) is 1. The first kappa shape index (κ1) is 9.51. The average Bonchev–Trinajstić information content (AvgIpc) is 2.97. The summed E-state index contributed by atoms with van der Waals surface area (Å²) in [5.74, 6) is 0.636. The monoisotopic (exact) mass is 192 g/mol. The largest absolute Gasteiger partial charge is 0.340 e. The van der Waals surface area contributed by atoms with Gasteiger partial charge in [0.2, 0.25) is 5.91 Å². The van der Waals surface area contributed by atoms with Gasteiger partial charge in [-0.25, -0.2) is 0 Å². The molecule has 1 amide bonds. The van der Waals surface area contributed by atoms with Crippen LogP contribution in [0.2, 0.25) is 0 Å². The van der Waals surface area contributed by atoms with E-state index in [2.05, 4.69) is 25.2 Å². The molecule has 76 valence electrons. The number of nitrogens with zero attached hydrogens (tertiary/aromatic N) is 1. The lowest BCUT2D eigenvalue weighted by Gasteiger charge is -2.10. The third-order valence-electron chi connectivity index (χ3n) is 3.36. The van der Waals surface area contributed by atoms with Gasteiger partial charge in [-0.15, -0.1) is 0 Å². The minimum absolute atomic E-state index is 0.0773. The maximum atomic E-state index is 11.7. The molecule has 0 aromatic carbocycles. The Kier molecular flexibility index (Phi) is 2.02. The van der Waals surface area contributed by atoms with Gasteiger partial charge in [-0.1, -0.05) is 13.8 Å². The molecule has 3 nitrogen and oxygen atoms in total. The zero-order chi connectivity index (χ0) is 10.3. The van der Waals surface area contributed by atoms with Crippen LogP contribution in [0.25, 0.3) is 0 Å². The highest BCUT2D eigenvalue weighted by atomic mass is 16.2. The van der Waals surface area contributed by atoms with Crippen LogP contribution in [0.1, 0.15) is 33.1 Å². The summed E-state index contributed by atoms with van der Waals surface area (Å²) >= 11 is 0. The fourth-order valence-corrected chi connectivity index (χ4v) is 1.85. The molecule has 2 aliphatic carbocycles. The molecule has 0 aromatic heterocycles. The van der Waals surface area contributed by atoms with Crippen molar-refractivity contribution < 1.29 is 4.79 Å². The molecule has 0 aromatic rings.